The lowest BCUT2D eigenvalue weighted by Crippen LogP contribution is -2.21. The van der Waals surface area contributed by atoms with Crippen LogP contribution in [0, 0.1) is 19.7 Å². The molecular formula is C32H43FN2O. The van der Waals surface area contributed by atoms with E-state index < -0.39 is 0 Å². The largest absolute Gasteiger partial charge is 0.496 e. The molecule has 3 nitrogen and oxygen atoms in total. The Bertz CT molecular complexity index is 1120. The van der Waals surface area contributed by atoms with Gasteiger partial charge in [0.15, 0.2) is 0 Å². The van der Waals surface area contributed by atoms with E-state index in [2.05, 4.69) is 50.9 Å². The second kappa shape index (κ2) is 16.3. The molecule has 0 aliphatic heterocycles. The molecule has 36 heavy (non-hydrogen) atoms. The number of aliphatic imine (C=N–C) groups is 1. The van der Waals surface area contributed by atoms with Gasteiger partial charge in [0.25, 0.3) is 0 Å². The molecule has 1 N–H and O–H groups in total. The third kappa shape index (κ3) is 9.33. The second-order valence-electron chi connectivity index (χ2n) is 8.28. The van der Waals surface area contributed by atoms with Gasteiger partial charge >= 0.3 is 0 Å². The number of allylic oxidation sites excluding steroid dienone is 4. The van der Waals surface area contributed by atoms with E-state index >= 15 is 0 Å². The zero-order valence-electron chi connectivity index (χ0n) is 23.3. The first-order chi connectivity index (χ1) is 17.3. The number of aryl methyl sites for hydroxylation is 1. The van der Waals surface area contributed by atoms with Crippen molar-refractivity contribution in [1.82, 2.24) is 5.32 Å². The average molecular weight is 491 g/mol. The number of nitrogens with zero attached hydrogens (tertiary/aromatic N) is 1. The summed E-state index contributed by atoms with van der Waals surface area (Å²) in [5.74, 6) is 1.27. The topological polar surface area (TPSA) is 33.6 Å². The molecule has 0 bridgehead atoms. The van der Waals surface area contributed by atoms with Crippen molar-refractivity contribution in [2.24, 2.45) is 4.99 Å². The summed E-state index contributed by atoms with van der Waals surface area (Å²) in [6, 6.07) is 9.19. The molecule has 4 heteroatoms. The number of hydrogen-bond donors (Lipinski definition) is 1. The number of hydrogen-bond acceptors (Lipinski definition) is 2. The Kier molecular flexibility index (Phi) is 13.9. The molecule has 0 unspecified atom stereocenters. The summed E-state index contributed by atoms with van der Waals surface area (Å²) >= 11 is 0. The summed E-state index contributed by atoms with van der Waals surface area (Å²) in [7, 11) is 1.66. The van der Waals surface area contributed by atoms with Crippen LogP contribution in [0.3, 0.4) is 0 Å². The van der Waals surface area contributed by atoms with E-state index in [1.54, 1.807) is 20.1 Å². The fourth-order valence-electron chi connectivity index (χ4n) is 3.47. The maximum atomic E-state index is 13.9. The smallest absolute Gasteiger partial charge is 0.133 e. The summed E-state index contributed by atoms with van der Waals surface area (Å²) < 4.78 is 19.5. The van der Waals surface area contributed by atoms with E-state index in [1.807, 2.05) is 51.3 Å². The predicted octanol–water partition coefficient (Wildman–Crippen LogP) is 8.87. The molecule has 2 aromatic rings. The molecule has 0 saturated heterocycles. The number of amidine groups is 1. The summed E-state index contributed by atoms with van der Waals surface area (Å²) in [5, 5.41) is 3.35. The van der Waals surface area contributed by atoms with Gasteiger partial charge in [0.05, 0.1) is 13.7 Å². The molecule has 0 heterocycles. The fourth-order valence-corrected chi connectivity index (χ4v) is 3.47. The van der Waals surface area contributed by atoms with Gasteiger partial charge in [0.2, 0.25) is 0 Å². The van der Waals surface area contributed by atoms with Crippen molar-refractivity contribution < 1.29 is 9.13 Å². The Hall–Kier alpha value is -3.40. The number of nitrogens with one attached hydrogen (secondary N) is 1. The van der Waals surface area contributed by atoms with Crippen molar-refractivity contribution in [2.75, 3.05) is 13.7 Å². The van der Waals surface area contributed by atoms with Gasteiger partial charge in [-0.2, -0.15) is 0 Å². The van der Waals surface area contributed by atoms with Crippen molar-refractivity contribution in [2.45, 2.75) is 61.3 Å². The van der Waals surface area contributed by atoms with Crippen LogP contribution in [0.25, 0.3) is 11.1 Å². The van der Waals surface area contributed by atoms with Gasteiger partial charge in [-0.3, -0.25) is 4.99 Å². The Balaban J connectivity index is 0.00000316. The van der Waals surface area contributed by atoms with Gasteiger partial charge in [-0.05, 0) is 86.3 Å². The van der Waals surface area contributed by atoms with Gasteiger partial charge in [-0.25, -0.2) is 4.39 Å². The maximum absolute atomic E-state index is 13.9. The highest BCUT2D eigenvalue weighted by Crippen LogP contribution is 2.31. The zero-order valence-corrected chi connectivity index (χ0v) is 23.3. The monoisotopic (exact) mass is 490 g/mol. The molecule has 194 valence electrons. The third-order valence-corrected chi connectivity index (χ3v) is 5.45. The minimum absolute atomic E-state index is 0.216. The van der Waals surface area contributed by atoms with Crippen LogP contribution in [0.4, 0.5) is 4.39 Å². The van der Waals surface area contributed by atoms with Gasteiger partial charge in [-0.1, -0.05) is 70.2 Å². The van der Waals surface area contributed by atoms with Gasteiger partial charge in [0, 0.05) is 11.1 Å². The highest BCUT2D eigenvalue weighted by molar-refractivity contribution is 6.02. The van der Waals surface area contributed by atoms with Crippen molar-refractivity contribution in [3.63, 3.8) is 0 Å². The standard InChI is InChI=1S/C30H37FN2O.C2H6/c1-8-10-16-32-30(33-20-22(4)13-12-21(3)11-9-2)27-18-26(19-29(34-7)24(27)6)25-14-15-28(31)23(5)17-25;1-2/h10-19H,4,8-9,20H2,1-3,5-7H3,(H,32,33);1-2H3/b13-12-,16-10+,21-11+;. The Morgan fingerprint density at radius 2 is 1.78 bits per heavy atom. The van der Waals surface area contributed by atoms with E-state index in [0.29, 0.717) is 12.1 Å². The van der Waals surface area contributed by atoms with Crippen LogP contribution in [0.5, 0.6) is 5.75 Å². The maximum Gasteiger partial charge on any atom is 0.133 e. The predicted molar refractivity (Wildman–Crippen MR) is 156 cm³/mol. The first-order valence-corrected chi connectivity index (χ1v) is 12.7. The summed E-state index contributed by atoms with van der Waals surface area (Å²) in [4.78, 5) is 4.86. The van der Waals surface area contributed by atoms with Crippen LogP contribution in [0.1, 0.15) is 64.2 Å². The first-order valence-electron chi connectivity index (χ1n) is 12.7. The molecule has 0 atom stereocenters. The second-order valence-corrected chi connectivity index (χ2v) is 8.28. The quantitative estimate of drug-likeness (QED) is 0.205. The van der Waals surface area contributed by atoms with E-state index in [-0.39, 0.29) is 5.82 Å². The van der Waals surface area contributed by atoms with Crippen molar-refractivity contribution >= 4 is 5.84 Å². The van der Waals surface area contributed by atoms with Crippen molar-refractivity contribution in [3.8, 4) is 16.9 Å². The fraction of sp³-hybridized carbons (Fsp3) is 0.344. The highest BCUT2D eigenvalue weighted by atomic mass is 19.1. The van der Waals surface area contributed by atoms with Crippen LogP contribution in [-0.4, -0.2) is 19.5 Å². The number of rotatable bonds is 10. The Morgan fingerprint density at radius 1 is 1.06 bits per heavy atom. The number of ether oxygens (including phenoxy) is 1. The van der Waals surface area contributed by atoms with E-state index in [1.165, 1.54) is 11.6 Å². The van der Waals surface area contributed by atoms with E-state index in [4.69, 9.17) is 9.73 Å². The molecule has 0 aromatic heterocycles. The zero-order chi connectivity index (χ0) is 27.1. The lowest BCUT2D eigenvalue weighted by atomic mass is 9.97. The summed E-state index contributed by atoms with van der Waals surface area (Å²) in [6.45, 7) is 18.7. The van der Waals surface area contributed by atoms with Crippen LogP contribution in [-0.2, 0) is 0 Å². The Morgan fingerprint density at radius 3 is 2.39 bits per heavy atom. The van der Waals surface area contributed by atoms with Crippen LogP contribution < -0.4 is 10.1 Å². The summed E-state index contributed by atoms with van der Waals surface area (Å²) in [5.41, 5.74) is 6.49. The first kappa shape index (κ1) is 30.6. The third-order valence-electron chi connectivity index (χ3n) is 5.45. The minimum atomic E-state index is -0.216. The molecule has 0 aliphatic rings. The van der Waals surface area contributed by atoms with Gasteiger partial charge < -0.3 is 10.1 Å². The van der Waals surface area contributed by atoms with Crippen molar-refractivity contribution in [3.05, 3.63) is 101 Å². The molecular weight excluding hydrogens is 447 g/mol. The highest BCUT2D eigenvalue weighted by Gasteiger charge is 2.14. The van der Waals surface area contributed by atoms with Gasteiger partial charge in [0.1, 0.15) is 17.4 Å². The SMILES string of the molecule is C=C(/C=C\C(C)=C\CC)CN=C(N/C=C/CC)c1cc(-c2ccc(F)c(C)c2)cc(OC)c1C.CC. The van der Waals surface area contributed by atoms with Crippen LogP contribution >= 0.6 is 0 Å². The number of methoxy groups -OCH3 is 1. The molecule has 2 aromatic carbocycles. The number of benzene rings is 2. The number of halogens is 1. The summed E-state index contributed by atoms with van der Waals surface area (Å²) in [6.07, 6.45) is 12.1. The molecule has 2 rings (SSSR count). The van der Waals surface area contributed by atoms with Crippen molar-refractivity contribution in [1.29, 1.82) is 0 Å². The molecule has 0 spiro atoms. The molecule has 0 fully saturated rings. The lowest BCUT2D eigenvalue weighted by molar-refractivity contribution is 0.412. The molecule has 0 saturated carbocycles. The normalized spacial score (nSPS) is 12.0. The van der Waals surface area contributed by atoms with Gasteiger partial charge in [-0.15, -0.1) is 0 Å². The average Bonchev–Trinajstić information content (AvgIpc) is 2.88. The lowest BCUT2D eigenvalue weighted by Gasteiger charge is -2.16. The molecule has 0 amide bonds. The van der Waals surface area contributed by atoms with E-state index in [0.717, 1.165) is 52.3 Å². The van der Waals surface area contributed by atoms with E-state index in [9.17, 15) is 4.39 Å². The molecule has 0 radical (unpaired) electrons. The van der Waals surface area contributed by atoms with Crippen LogP contribution in [0.2, 0.25) is 0 Å². The van der Waals surface area contributed by atoms with Crippen LogP contribution in [0.15, 0.2) is 83.6 Å². The molecule has 0 aliphatic carbocycles. The minimum Gasteiger partial charge on any atom is -0.496 e. The Labute approximate surface area is 218 Å².